The molecule has 0 bridgehead atoms. The zero-order valence-corrected chi connectivity index (χ0v) is 13.9. The molecule has 0 spiro atoms. The molecular formula is C17H33N3. The van der Waals surface area contributed by atoms with E-state index in [1.807, 2.05) is 6.20 Å². The Balaban J connectivity index is 2.14. The average molecular weight is 279 g/mol. The first-order valence-corrected chi connectivity index (χ1v) is 8.50. The third-order valence-electron chi connectivity index (χ3n) is 4.10. The van der Waals surface area contributed by atoms with E-state index in [0.717, 1.165) is 24.8 Å². The number of unbranched alkanes of at least 4 members (excludes halogenated alkanes) is 4. The lowest BCUT2D eigenvalue weighted by atomic mass is 10.0. The highest BCUT2D eigenvalue weighted by atomic mass is 15.4. The van der Waals surface area contributed by atoms with Crippen molar-refractivity contribution >= 4 is 0 Å². The first kappa shape index (κ1) is 17.2. The van der Waals surface area contributed by atoms with Crippen molar-refractivity contribution in [3.05, 3.63) is 11.9 Å². The van der Waals surface area contributed by atoms with Gasteiger partial charge in [0.15, 0.2) is 0 Å². The summed E-state index contributed by atoms with van der Waals surface area (Å²) < 4.78 is 2.11. The second-order valence-corrected chi connectivity index (χ2v) is 6.62. The molecule has 0 aromatic carbocycles. The first-order chi connectivity index (χ1) is 9.63. The van der Waals surface area contributed by atoms with Crippen LogP contribution in [0.25, 0.3) is 0 Å². The minimum absolute atomic E-state index is 0.725. The molecule has 3 nitrogen and oxygen atoms in total. The lowest BCUT2D eigenvalue weighted by Gasteiger charge is -2.10. The number of rotatable bonds is 11. The Hall–Kier alpha value is -0.860. The molecule has 0 aliphatic heterocycles. The largest absolute Gasteiger partial charge is 0.249 e. The van der Waals surface area contributed by atoms with Crippen molar-refractivity contribution in [3.8, 4) is 0 Å². The van der Waals surface area contributed by atoms with Crippen molar-refractivity contribution in [2.45, 2.75) is 85.6 Å². The predicted molar refractivity (Wildman–Crippen MR) is 85.7 cm³/mol. The molecule has 0 fully saturated rings. The van der Waals surface area contributed by atoms with Gasteiger partial charge in [-0.15, -0.1) is 5.10 Å². The van der Waals surface area contributed by atoms with Crippen LogP contribution >= 0.6 is 0 Å². The van der Waals surface area contributed by atoms with E-state index in [-0.39, 0.29) is 0 Å². The van der Waals surface area contributed by atoms with Gasteiger partial charge in [0, 0.05) is 6.54 Å². The summed E-state index contributed by atoms with van der Waals surface area (Å²) in [5.74, 6) is 1.58. The van der Waals surface area contributed by atoms with E-state index in [2.05, 4.69) is 42.7 Å². The number of aryl methyl sites for hydroxylation is 1. The maximum absolute atomic E-state index is 4.23. The first-order valence-electron chi connectivity index (χ1n) is 8.50. The monoisotopic (exact) mass is 279 g/mol. The molecule has 1 aromatic heterocycles. The van der Waals surface area contributed by atoms with E-state index in [1.54, 1.807) is 0 Å². The fraction of sp³-hybridized carbons (Fsp3) is 0.882. The van der Waals surface area contributed by atoms with Crippen LogP contribution < -0.4 is 0 Å². The molecule has 0 N–H and O–H groups in total. The zero-order valence-electron chi connectivity index (χ0n) is 13.9. The molecule has 20 heavy (non-hydrogen) atoms. The van der Waals surface area contributed by atoms with Gasteiger partial charge in [0.05, 0.1) is 11.9 Å². The van der Waals surface area contributed by atoms with Crippen LogP contribution in [-0.2, 0) is 13.0 Å². The molecule has 1 unspecified atom stereocenters. The number of hydrogen-bond donors (Lipinski definition) is 0. The molecule has 1 rings (SSSR count). The molecule has 0 radical (unpaired) electrons. The molecule has 116 valence electrons. The third kappa shape index (κ3) is 7.06. The lowest BCUT2D eigenvalue weighted by molar-refractivity contribution is 0.468. The topological polar surface area (TPSA) is 30.7 Å². The Kier molecular flexibility index (Phi) is 8.56. The minimum Gasteiger partial charge on any atom is -0.249 e. The fourth-order valence-electron chi connectivity index (χ4n) is 2.47. The van der Waals surface area contributed by atoms with Crippen LogP contribution in [0.15, 0.2) is 6.20 Å². The summed E-state index contributed by atoms with van der Waals surface area (Å²) in [5.41, 5.74) is 1.30. The Morgan fingerprint density at radius 3 is 2.45 bits per heavy atom. The molecule has 0 saturated carbocycles. The summed E-state index contributed by atoms with van der Waals surface area (Å²) >= 11 is 0. The van der Waals surface area contributed by atoms with Crippen LogP contribution in [0.4, 0.5) is 0 Å². The van der Waals surface area contributed by atoms with Crippen molar-refractivity contribution in [2.24, 2.45) is 11.8 Å². The van der Waals surface area contributed by atoms with Crippen molar-refractivity contribution in [2.75, 3.05) is 0 Å². The van der Waals surface area contributed by atoms with Crippen molar-refractivity contribution in [1.82, 2.24) is 15.0 Å². The summed E-state index contributed by atoms with van der Waals surface area (Å²) in [6, 6.07) is 0. The molecule has 0 aliphatic rings. The number of aromatic nitrogens is 3. The van der Waals surface area contributed by atoms with E-state index in [4.69, 9.17) is 0 Å². The van der Waals surface area contributed by atoms with Gasteiger partial charge in [-0.3, -0.25) is 0 Å². The molecular weight excluding hydrogens is 246 g/mol. The Bertz CT molecular complexity index is 344. The highest BCUT2D eigenvalue weighted by Crippen LogP contribution is 2.13. The predicted octanol–water partition coefficient (Wildman–Crippen LogP) is 4.86. The van der Waals surface area contributed by atoms with E-state index >= 15 is 0 Å². The summed E-state index contributed by atoms with van der Waals surface area (Å²) in [6.45, 7) is 10.2. The molecule has 3 heteroatoms. The smallest absolute Gasteiger partial charge is 0.0725 e. The van der Waals surface area contributed by atoms with Gasteiger partial charge in [0.25, 0.3) is 0 Å². The van der Waals surface area contributed by atoms with E-state index in [9.17, 15) is 0 Å². The minimum atomic E-state index is 0.725. The summed E-state index contributed by atoms with van der Waals surface area (Å²) in [7, 11) is 0. The summed E-state index contributed by atoms with van der Waals surface area (Å²) in [4.78, 5) is 0. The van der Waals surface area contributed by atoms with Gasteiger partial charge < -0.3 is 0 Å². The van der Waals surface area contributed by atoms with E-state index in [1.165, 1.54) is 50.6 Å². The van der Waals surface area contributed by atoms with Gasteiger partial charge >= 0.3 is 0 Å². The second kappa shape index (κ2) is 9.95. The Labute approximate surface area is 125 Å². The maximum atomic E-state index is 4.23. The summed E-state index contributed by atoms with van der Waals surface area (Å²) in [6.07, 6.45) is 12.3. The highest BCUT2D eigenvalue weighted by Gasteiger charge is 2.07. The average Bonchev–Trinajstić information content (AvgIpc) is 2.84. The van der Waals surface area contributed by atoms with Crippen molar-refractivity contribution in [1.29, 1.82) is 0 Å². The molecule has 1 heterocycles. The van der Waals surface area contributed by atoms with Crippen LogP contribution in [0.5, 0.6) is 0 Å². The van der Waals surface area contributed by atoms with Crippen LogP contribution in [0, 0.1) is 11.8 Å². The summed E-state index contributed by atoms with van der Waals surface area (Å²) in [5, 5.41) is 8.30. The van der Waals surface area contributed by atoms with Crippen molar-refractivity contribution < 1.29 is 0 Å². The number of nitrogens with zero attached hydrogens (tertiary/aromatic N) is 3. The molecule has 1 atom stereocenters. The lowest BCUT2D eigenvalue weighted by Crippen LogP contribution is -2.08. The SMILES string of the molecule is CCC(C)Cc1cnnn1CCCCCCCC(C)C. The van der Waals surface area contributed by atoms with Gasteiger partial charge in [0.1, 0.15) is 0 Å². The van der Waals surface area contributed by atoms with Gasteiger partial charge in [0.2, 0.25) is 0 Å². The molecule has 0 saturated heterocycles. The van der Waals surface area contributed by atoms with Crippen LogP contribution in [-0.4, -0.2) is 15.0 Å². The van der Waals surface area contributed by atoms with Crippen LogP contribution in [0.1, 0.15) is 78.3 Å². The zero-order chi connectivity index (χ0) is 14.8. The Morgan fingerprint density at radius 1 is 1.05 bits per heavy atom. The van der Waals surface area contributed by atoms with E-state index in [0.29, 0.717) is 0 Å². The molecule has 1 aromatic rings. The second-order valence-electron chi connectivity index (χ2n) is 6.62. The standard InChI is InChI=1S/C17H33N3/c1-5-16(4)13-17-14-18-19-20(17)12-10-8-6-7-9-11-15(2)3/h14-16H,5-13H2,1-4H3. The van der Waals surface area contributed by atoms with Crippen LogP contribution in [0.2, 0.25) is 0 Å². The van der Waals surface area contributed by atoms with Crippen LogP contribution in [0.3, 0.4) is 0 Å². The molecule has 0 amide bonds. The number of hydrogen-bond acceptors (Lipinski definition) is 2. The quantitative estimate of drug-likeness (QED) is 0.541. The van der Waals surface area contributed by atoms with Crippen molar-refractivity contribution in [3.63, 3.8) is 0 Å². The third-order valence-corrected chi connectivity index (χ3v) is 4.10. The van der Waals surface area contributed by atoms with E-state index < -0.39 is 0 Å². The fourth-order valence-corrected chi connectivity index (χ4v) is 2.47. The van der Waals surface area contributed by atoms with Gasteiger partial charge in [-0.25, -0.2) is 4.68 Å². The van der Waals surface area contributed by atoms with Gasteiger partial charge in [-0.1, -0.05) is 71.4 Å². The normalized spacial score (nSPS) is 13.1. The van der Waals surface area contributed by atoms with Gasteiger partial charge in [-0.2, -0.15) is 0 Å². The Morgan fingerprint density at radius 2 is 1.75 bits per heavy atom. The molecule has 0 aliphatic carbocycles. The highest BCUT2D eigenvalue weighted by molar-refractivity contribution is 4.95. The maximum Gasteiger partial charge on any atom is 0.0725 e. The van der Waals surface area contributed by atoms with Gasteiger partial charge in [-0.05, 0) is 24.7 Å².